The quantitative estimate of drug-likeness (QED) is 0.122. The lowest BCUT2D eigenvalue weighted by molar-refractivity contribution is 0.953. The molecule has 9 heteroatoms. The van der Waals surface area contributed by atoms with E-state index in [1.54, 1.807) is 0 Å². The number of nitrogens with zero attached hydrogens (tertiary/aromatic N) is 7. The van der Waals surface area contributed by atoms with Gasteiger partial charge < -0.3 is 0 Å². The molecule has 0 aliphatic rings. The molecule has 7 nitrogen and oxygen atoms in total. The molecule has 488 valence electrons. The summed E-state index contributed by atoms with van der Waals surface area (Å²) in [7, 11) is 0. The predicted molar refractivity (Wildman–Crippen MR) is 436 cm³/mol. The molecule has 0 amide bonds. The first-order chi connectivity index (χ1) is 51.6. The van der Waals surface area contributed by atoms with Crippen LogP contribution >= 0.6 is 22.7 Å². The van der Waals surface area contributed by atoms with E-state index in [0.29, 0.717) is 23.4 Å². The molecule has 0 N–H and O–H groups in total. The Kier molecular flexibility index (Phi) is 15.8. The number of fused-ring (bicyclic) bond motifs is 10. The van der Waals surface area contributed by atoms with E-state index in [1.807, 2.05) is 71.2 Å². The van der Waals surface area contributed by atoms with E-state index in [1.165, 1.54) is 102 Å². The van der Waals surface area contributed by atoms with Gasteiger partial charge >= 0.3 is 0 Å². The second-order valence-corrected chi connectivity index (χ2v) is 27.8. The molecule has 0 fully saturated rings. The number of benzene rings is 14. The van der Waals surface area contributed by atoms with Crippen LogP contribution in [-0.4, -0.2) is 34.1 Å². The highest BCUT2D eigenvalue weighted by atomic mass is 32.1. The van der Waals surface area contributed by atoms with E-state index in [0.717, 1.165) is 61.4 Å². The van der Waals surface area contributed by atoms with Gasteiger partial charge in [-0.15, -0.1) is 22.7 Å². The Morgan fingerprint density at radius 2 is 0.529 bits per heavy atom. The topological polar surface area (TPSA) is 74.3 Å². The van der Waals surface area contributed by atoms with Gasteiger partial charge in [-0.1, -0.05) is 340 Å². The molecule has 104 heavy (non-hydrogen) atoms. The number of rotatable bonds is 12. The van der Waals surface area contributed by atoms with Crippen molar-refractivity contribution in [1.82, 2.24) is 34.1 Å². The molecule has 6 aromatic heterocycles. The minimum atomic E-state index is 0.588. The van der Waals surface area contributed by atoms with Crippen LogP contribution in [-0.2, 0) is 0 Å². The maximum Gasteiger partial charge on any atom is 0.238 e. The molecule has 0 aliphatic carbocycles. The fraction of sp³-hybridized carbons (Fsp3) is 0. The Morgan fingerprint density at radius 1 is 0.212 bits per heavy atom. The lowest BCUT2D eigenvalue weighted by atomic mass is 9.98. The largest absolute Gasteiger partial charge is 0.294 e. The SMILES string of the molecule is c1ccc(-c2ccc(-c3cc(-n4c5ccccc5c5c6sc(-c7ccccc7)c(-c7ccccc7)c6ccc54)nc(-c4ccccc4)n3)cc2)cc1.c1ccc(-c2ccc(-c3nc(-c4ccccc4)nc(-n4c5ccccc5c5c6sc(-c7ccccc7)c(-c7ccccc7)c6ccc54)n3)cc2)cc1. The monoisotopic (exact) mass is 1360 g/mol. The summed E-state index contributed by atoms with van der Waals surface area (Å²) >= 11 is 3.74. The van der Waals surface area contributed by atoms with Crippen LogP contribution in [0, 0.1) is 0 Å². The van der Waals surface area contributed by atoms with Gasteiger partial charge in [-0.25, -0.2) is 15.0 Å². The van der Waals surface area contributed by atoms with Gasteiger partial charge in [0.15, 0.2) is 17.5 Å². The summed E-state index contributed by atoms with van der Waals surface area (Å²) in [5, 5.41) is 7.32. The lowest BCUT2D eigenvalue weighted by Gasteiger charge is -2.12. The molecule has 0 bridgehead atoms. The van der Waals surface area contributed by atoms with Crippen molar-refractivity contribution in [3.05, 3.63) is 370 Å². The van der Waals surface area contributed by atoms with Crippen LogP contribution in [0.1, 0.15) is 0 Å². The second-order valence-electron chi connectivity index (χ2n) is 25.8. The molecule has 0 saturated carbocycles. The Hall–Kier alpha value is -13.3. The van der Waals surface area contributed by atoms with Gasteiger partial charge in [-0.05, 0) is 68.8 Å². The molecular weight excluding hydrogens is 1300 g/mol. The molecule has 0 radical (unpaired) electrons. The van der Waals surface area contributed by atoms with Gasteiger partial charge in [-0.2, -0.15) is 9.97 Å². The summed E-state index contributed by atoms with van der Waals surface area (Å²) < 4.78 is 7.06. The zero-order valence-electron chi connectivity index (χ0n) is 56.2. The van der Waals surface area contributed by atoms with Crippen molar-refractivity contribution < 1.29 is 0 Å². The van der Waals surface area contributed by atoms with Gasteiger partial charge in [0, 0.05) is 90.9 Å². The van der Waals surface area contributed by atoms with Crippen molar-refractivity contribution >= 4 is 86.5 Å². The van der Waals surface area contributed by atoms with Crippen molar-refractivity contribution in [2.45, 2.75) is 0 Å². The van der Waals surface area contributed by atoms with Gasteiger partial charge in [0.1, 0.15) is 5.82 Å². The van der Waals surface area contributed by atoms with Crippen LogP contribution in [0.4, 0.5) is 0 Å². The van der Waals surface area contributed by atoms with Gasteiger partial charge in [0.2, 0.25) is 5.95 Å². The summed E-state index contributed by atoms with van der Waals surface area (Å²) in [6, 6.07) is 130. The first-order valence-electron chi connectivity index (χ1n) is 34.9. The minimum absolute atomic E-state index is 0.588. The third kappa shape index (κ3) is 11.2. The Bertz CT molecular complexity index is 6120. The van der Waals surface area contributed by atoms with Crippen LogP contribution in [0.2, 0.25) is 0 Å². The van der Waals surface area contributed by atoms with Crippen LogP contribution in [0.15, 0.2) is 370 Å². The molecule has 20 rings (SSSR count). The van der Waals surface area contributed by atoms with E-state index < -0.39 is 0 Å². The summed E-state index contributed by atoms with van der Waals surface area (Å²) in [5.41, 5.74) is 21.2. The van der Waals surface area contributed by atoms with Crippen molar-refractivity contribution in [3.63, 3.8) is 0 Å². The van der Waals surface area contributed by atoms with E-state index in [2.05, 4.69) is 331 Å². The highest BCUT2D eigenvalue weighted by molar-refractivity contribution is 7.24. The van der Waals surface area contributed by atoms with Crippen LogP contribution in [0.3, 0.4) is 0 Å². The molecule has 0 atom stereocenters. The Labute approximate surface area is 608 Å². The molecule has 0 saturated heterocycles. The van der Waals surface area contributed by atoms with Crippen LogP contribution in [0.25, 0.3) is 186 Å². The summed E-state index contributed by atoms with van der Waals surface area (Å²) in [4.78, 5) is 28.4. The smallest absolute Gasteiger partial charge is 0.238 e. The van der Waals surface area contributed by atoms with Crippen molar-refractivity contribution in [3.8, 4) is 123 Å². The molecule has 14 aromatic carbocycles. The standard InChI is InChI=1S/C48H31N3S.C47H30N4S/c1-5-15-32(16-6-1)33-25-27-34(28-26-33)40-31-43(50-48(49-40)37-21-11-4-12-22-37)51-41-24-14-13-23-38(41)45-42(51)30-29-39-44(35-17-7-2-8-18-35)46(52-47(39)45)36-19-9-3-10-20-36;1-5-15-31(16-6-1)32-25-27-36(28-26-32)46-48-45(35-21-11-4-12-22-35)49-47(50-46)51-39-24-14-13-23-37(39)42-40(51)30-29-38-41(33-17-7-2-8-18-33)43(52-44(38)42)34-19-9-3-10-20-34/h1-31H;1-30H. The molecule has 6 heterocycles. The minimum Gasteiger partial charge on any atom is -0.294 e. The van der Waals surface area contributed by atoms with E-state index in [-0.39, 0.29) is 0 Å². The number of hydrogen-bond donors (Lipinski definition) is 0. The Balaban J connectivity index is 0.000000143. The summed E-state index contributed by atoms with van der Waals surface area (Å²) in [6.45, 7) is 0. The average Bonchev–Trinajstić information content (AvgIpc) is 1.56. The van der Waals surface area contributed by atoms with Gasteiger partial charge in [0.25, 0.3) is 0 Å². The van der Waals surface area contributed by atoms with E-state index >= 15 is 0 Å². The zero-order valence-corrected chi connectivity index (χ0v) is 57.8. The third-order valence-electron chi connectivity index (χ3n) is 19.5. The molecular formula is C95H61N7S2. The molecule has 20 aromatic rings. The Morgan fingerprint density at radius 3 is 0.962 bits per heavy atom. The fourth-order valence-corrected chi connectivity index (χ4v) is 17.4. The number of para-hydroxylation sites is 2. The predicted octanol–water partition coefficient (Wildman–Crippen LogP) is 25.6. The highest BCUT2D eigenvalue weighted by Crippen LogP contribution is 2.52. The number of thiophene rings is 2. The fourth-order valence-electron chi connectivity index (χ4n) is 14.7. The summed E-state index contributed by atoms with van der Waals surface area (Å²) in [6.07, 6.45) is 0. The van der Waals surface area contributed by atoms with Crippen LogP contribution < -0.4 is 0 Å². The number of aromatic nitrogens is 7. The van der Waals surface area contributed by atoms with Crippen molar-refractivity contribution in [1.29, 1.82) is 0 Å². The molecule has 0 aliphatic heterocycles. The van der Waals surface area contributed by atoms with E-state index in [9.17, 15) is 0 Å². The first kappa shape index (κ1) is 61.8. The molecule has 0 spiro atoms. The highest BCUT2D eigenvalue weighted by Gasteiger charge is 2.26. The van der Waals surface area contributed by atoms with E-state index in [4.69, 9.17) is 24.9 Å². The van der Waals surface area contributed by atoms with Crippen molar-refractivity contribution in [2.24, 2.45) is 0 Å². The zero-order chi connectivity index (χ0) is 68.9. The normalized spacial score (nSPS) is 11.5. The third-order valence-corrected chi connectivity index (χ3v) is 22.1. The maximum atomic E-state index is 5.29. The number of hydrogen-bond acceptors (Lipinski definition) is 7. The van der Waals surface area contributed by atoms with Crippen LogP contribution in [0.5, 0.6) is 0 Å². The first-order valence-corrected chi connectivity index (χ1v) is 36.5. The van der Waals surface area contributed by atoms with Gasteiger partial charge in [0.05, 0.1) is 27.8 Å². The van der Waals surface area contributed by atoms with Crippen molar-refractivity contribution in [2.75, 3.05) is 0 Å². The second kappa shape index (κ2) is 26.7. The molecule has 0 unspecified atom stereocenters. The lowest BCUT2D eigenvalue weighted by Crippen LogP contribution is -2.06. The maximum absolute atomic E-state index is 5.29. The summed E-state index contributed by atoms with van der Waals surface area (Å²) in [5.74, 6) is 3.38. The average molecular weight is 1360 g/mol. The van der Waals surface area contributed by atoms with Gasteiger partial charge in [-0.3, -0.25) is 9.13 Å².